The van der Waals surface area contributed by atoms with E-state index in [4.69, 9.17) is 16.3 Å². The lowest BCUT2D eigenvalue weighted by Gasteiger charge is -2.24. The molecule has 2 heterocycles. The van der Waals surface area contributed by atoms with Gasteiger partial charge in [-0.05, 0) is 53.8 Å². The number of ketones is 1. The Morgan fingerprint density at radius 1 is 1.17 bits per heavy atom. The van der Waals surface area contributed by atoms with Crippen LogP contribution in [0.3, 0.4) is 0 Å². The number of hydrogen-bond acceptors (Lipinski definition) is 5. The van der Waals surface area contributed by atoms with Crippen molar-refractivity contribution in [3.8, 4) is 5.75 Å². The van der Waals surface area contributed by atoms with Crippen molar-refractivity contribution in [3.05, 3.63) is 91.6 Å². The molecule has 1 amide bonds. The fraction of sp³-hybridized carbons (Fsp3) is 0.200. The van der Waals surface area contributed by atoms with E-state index in [-0.39, 0.29) is 34.0 Å². The van der Waals surface area contributed by atoms with Gasteiger partial charge in [-0.15, -0.1) is 11.3 Å². The van der Waals surface area contributed by atoms with Crippen LogP contribution in [0.25, 0.3) is 5.76 Å². The molecule has 5 nitrogen and oxygen atoms in total. The zero-order valence-electron chi connectivity index (χ0n) is 18.5. The van der Waals surface area contributed by atoms with Gasteiger partial charge in [0.2, 0.25) is 0 Å². The predicted molar refractivity (Wildman–Crippen MR) is 126 cm³/mol. The van der Waals surface area contributed by atoms with E-state index < -0.39 is 35.2 Å². The number of alkyl halides is 3. The van der Waals surface area contributed by atoms with Crippen LogP contribution in [0.4, 0.5) is 13.2 Å². The average Bonchev–Trinajstić information content (AvgIpc) is 3.41. The first-order chi connectivity index (χ1) is 16.5. The number of halogens is 4. The summed E-state index contributed by atoms with van der Waals surface area (Å²) in [5.74, 6) is -2.23. The molecule has 1 aliphatic heterocycles. The average molecular weight is 522 g/mol. The zero-order chi connectivity index (χ0) is 25.5. The summed E-state index contributed by atoms with van der Waals surface area (Å²) in [6.07, 6.45) is -4.56. The Morgan fingerprint density at radius 3 is 2.54 bits per heavy atom. The quantitative estimate of drug-likeness (QED) is 0.241. The third-order valence-electron chi connectivity index (χ3n) is 5.61. The van der Waals surface area contributed by atoms with Gasteiger partial charge in [0.1, 0.15) is 11.5 Å². The number of hydrogen-bond donors (Lipinski definition) is 1. The molecule has 2 aromatic carbocycles. The molecule has 1 aliphatic rings. The highest BCUT2D eigenvalue weighted by Gasteiger charge is 2.47. The molecule has 1 saturated heterocycles. The minimum atomic E-state index is -4.56. The number of methoxy groups -OCH3 is 1. The number of nitrogens with zero attached hydrogens (tertiary/aromatic N) is 1. The van der Waals surface area contributed by atoms with E-state index in [1.807, 2.05) is 0 Å². The summed E-state index contributed by atoms with van der Waals surface area (Å²) < 4.78 is 45.0. The minimum absolute atomic E-state index is 0.128. The molecule has 1 unspecified atom stereocenters. The first-order valence-electron chi connectivity index (χ1n) is 10.4. The maximum atomic E-state index is 13.2. The van der Waals surface area contributed by atoms with E-state index in [0.29, 0.717) is 10.4 Å². The maximum Gasteiger partial charge on any atom is 0.416 e. The summed E-state index contributed by atoms with van der Waals surface area (Å²) in [6, 6.07) is 10.2. The van der Waals surface area contributed by atoms with Crippen LogP contribution in [0.2, 0.25) is 5.02 Å². The third kappa shape index (κ3) is 4.66. The van der Waals surface area contributed by atoms with E-state index >= 15 is 0 Å². The molecule has 3 aromatic rings. The highest BCUT2D eigenvalue weighted by Crippen LogP contribution is 2.44. The van der Waals surface area contributed by atoms with Gasteiger partial charge < -0.3 is 14.7 Å². The Morgan fingerprint density at radius 2 is 1.91 bits per heavy atom. The highest BCUT2D eigenvalue weighted by molar-refractivity contribution is 7.10. The second kappa shape index (κ2) is 9.39. The maximum absolute atomic E-state index is 13.2. The standard InChI is InChI=1S/C25H19ClF3NO4S/c1-13-9-16(23(34-2)17(26)10-13)21(31)19-20(18-7-4-8-35-18)30(24(33)22(19)32)12-14-5-3-6-15(11-14)25(27,28)29/h3-11,20,31H,12H2,1-2H3/b21-19-. The van der Waals surface area contributed by atoms with Crippen molar-refractivity contribution in [2.75, 3.05) is 7.11 Å². The van der Waals surface area contributed by atoms with E-state index in [9.17, 15) is 27.9 Å². The second-order valence-corrected chi connectivity index (χ2v) is 9.35. The number of aryl methyl sites for hydroxylation is 1. The molecule has 0 bridgehead atoms. The highest BCUT2D eigenvalue weighted by atomic mass is 35.5. The molecule has 1 N–H and O–H groups in total. The topological polar surface area (TPSA) is 66.8 Å². The van der Waals surface area contributed by atoms with Crippen LogP contribution < -0.4 is 4.74 Å². The van der Waals surface area contributed by atoms with Crippen LogP contribution in [-0.2, 0) is 22.3 Å². The number of aliphatic hydroxyl groups is 1. The molecule has 0 spiro atoms. The zero-order valence-corrected chi connectivity index (χ0v) is 20.1. The van der Waals surface area contributed by atoms with Crippen LogP contribution in [0, 0.1) is 6.92 Å². The molecular weight excluding hydrogens is 503 g/mol. The van der Waals surface area contributed by atoms with Gasteiger partial charge in [0.25, 0.3) is 11.7 Å². The predicted octanol–water partition coefficient (Wildman–Crippen LogP) is 6.36. The van der Waals surface area contributed by atoms with Crippen LogP contribution in [0.15, 0.2) is 59.5 Å². The number of likely N-dealkylation sites (tertiary alicyclic amines) is 1. The van der Waals surface area contributed by atoms with Crippen molar-refractivity contribution in [2.45, 2.75) is 25.7 Å². The molecule has 1 fully saturated rings. The van der Waals surface area contributed by atoms with Crippen LogP contribution in [-0.4, -0.2) is 28.8 Å². The van der Waals surface area contributed by atoms with Gasteiger partial charge in [0.15, 0.2) is 0 Å². The monoisotopic (exact) mass is 521 g/mol. The molecule has 0 aliphatic carbocycles. The molecule has 1 atom stereocenters. The van der Waals surface area contributed by atoms with Gasteiger partial charge in [0, 0.05) is 11.4 Å². The van der Waals surface area contributed by atoms with E-state index in [1.54, 1.807) is 36.6 Å². The number of Topliss-reactive ketones (excluding diaryl/α,β-unsaturated/α-hetero) is 1. The fourth-order valence-electron chi connectivity index (χ4n) is 4.09. The van der Waals surface area contributed by atoms with Crippen molar-refractivity contribution < 1.29 is 32.6 Å². The summed E-state index contributed by atoms with van der Waals surface area (Å²) in [4.78, 5) is 28.0. The van der Waals surface area contributed by atoms with Crippen LogP contribution in [0.5, 0.6) is 5.75 Å². The van der Waals surface area contributed by atoms with Gasteiger partial charge in [-0.25, -0.2) is 0 Å². The largest absolute Gasteiger partial charge is 0.507 e. The molecule has 35 heavy (non-hydrogen) atoms. The lowest BCUT2D eigenvalue weighted by Crippen LogP contribution is -2.29. The third-order valence-corrected chi connectivity index (χ3v) is 6.81. The van der Waals surface area contributed by atoms with E-state index in [1.165, 1.54) is 35.5 Å². The van der Waals surface area contributed by atoms with E-state index in [2.05, 4.69) is 0 Å². The van der Waals surface area contributed by atoms with Crippen molar-refractivity contribution in [1.82, 2.24) is 4.90 Å². The van der Waals surface area contributed by atoms with Gasteiger partial charge in [-0.3, -0.25) is 9.59 Å². The number of benzene rings is 2. The summed E-state index contributed by atoms with van der Waals surface area (Å²) >= 11 is 7.51. The first-order valence-corrected chi connectivity index (χ1v) is 11.6. The Kier molecular flexibility index (Phi) is 6.66. The normalized spacial score (nSPS) is 17.8. The Hall–Kier alpha value is -3.30. The number of thiophene rings is 1. The molecule has 0 saturated carbocycles. The summed E-state index contributed by atoms with van der Waals surface area (Å²) in [5.41, 5.74) is -0.0402. The molecular formula is C25H19ClF3NO4S. The Balaban J connectivity index is 1.86. The van der Waals surface area contributed by atoms with Crippen LogP contribution in [0.1, 0.15) is 33.2 Å². The van der Waals surface area contributed by atoms with Crippen LogP contribution >= 0.6 is 22.9 Å². The SMILES string of the molecule is COc1c(Cl)cc(C)cc1/C(O)=C1/C(=O)C(=O)N(Cc2cccc(C(F)(F)F)c2)C1c1cccs1. The number of aliphatic hydroxyl groups excluding tert-OH is 1. The molecule has 10 heteroatoms. The molecule has 0 radical (unpaired) electrons. The number of carbonyl (C=O) groups excluding carboxylic acids is 2. The number of ether oxygens (including phenoxy) is 1. The smallest absolute Gasteiger partial charge is 0.416 e. The van der Waals surface area contributed by atoms with Crippen molar-refractivity contribution >= 4 is 40.4 Å². The molecule has 4 rings (SSSR count). The lowest BCUT2D eigenvalue weighted by molar-refractivity contribution is -0.140. The van der Waals surface area contributed by atoms with Crippen molar-refractivity contribution in [3.63, 3.8) is 0 Å². The van der Waals surface area contributed by atoms with Gasteiger partial charge in [-0.1, -0.05) is 29.8 Å². The Labute approximate surface area is 208 Å². The van der Waals surface area contributed by atoms with Crippen molar-refractivity contribution in [2.24, 2.45) is 0 Å². The molecule has 1 aromatic heterocycles. The summed E-state index contributed by atoms with van der Waals surface area (Å²) in [5, 5.41) is 13.2. The van der Waals surface area contributed by atoms with Crippen molar-refractivity contribution in [1.29, 1.82) is 0 Å². The molecule has 182 valence electrons. The number of carbonyl (C=O) groups is 2. The number of rotatable bonds is 5. The summed E-state index contributed by atoms with van der Waals surface area (Å²) in [6.45, 7) is 1.48. The Bertz CT molecular complexity index is 1330. The summed E-state index contributed by atoms with van der Waals surface area (Å²) in [7, 11) is 1.36. The lowest BCUT2D eigenvalue weighted by atomic mass is 9.98. The van der Waals surface area contributed by atoms with Gasteiger partial charge in [0.05, 0.1) is 34.9 Å². The second-order valence-electron chi connectivity index (χ2n) is 7.97. The fourth-order valence-corrected chi connectivity index (χ4v) is 5.28. The van der Waals surface area contributed by atoms with Gasteiger partial charge in [-0.2, -0.15) is 13.2 Å². The first kappa shape index (κ1) is 24.8. The minimum Gasteiger partial charge on any atom is -0.507 e. The van der Waals surface area contributed by atoms with Gasteiger partial charge >= 0.3 is 6.18 Å². The van der Waals surface area contributed by atoms with E-state index in [0.717, 1.165) is 12.1 Å². The number of amides is 1.